The summed E-state index contributed by atoms with van der Waals surface area (Å²) in [5, 5.41) is 7.30. The van der Waals surface area contributed by atoms with Gasteiger partial charge < -0.3 is 13.6 Å². The van der Waals surface area contributed by atoms with Gasteiger partial charge in [-0.3, -0.25) is 0 Å². The van der Waals surface area contributed by atoms with E-state index in [0.717, 1.165) is 44.4 Å². The molecule has 3 aromatic heterocycles. The van der Waals surface area contributed by atoms with Crippen molar-refractivity contribution in [3.63, 3.8) is 0 Å². The molecule has 9 aromatic carbocycles. The van der Waals surface area contributed by atoms with E-state index in [4.69, 9.17) is 4.42 Å². The summed E-state index contributed by atoms with van der Waals surface area (Å²) in [6, 6.07) is 74.4. The minimum absolute atomic E-state index is 0.913. The van der Waals surface area contributed by atoms with Gasteiger partial charge in [0.25, 0.3) is 0 Å². The zero-order valence-corrected chi connectivity index (χ0v) is 30.9. The number of nitrogens with zero attached hydrogens (tertiary/aromatic N) is 2. The van der Waals surface area contributed by atoms with Crippen LogP contribution in [-0.4, -0.2) is 9.13 Å². The lowest BCUT2D eigenvalue weighted by molar-refractivity contribution is 0.670. The second-order valence-electron chi connectivity index (χ2n) is 14.9. The molecular weight excluding hydrogens is 693 g/mol. The fourth-order valence-corrected chi connectivity index (χ4v) is 9.15. The molecule has 0 unspecified atom stereocenters. The first-order chi connectivity index (χ1) is 28.3. The smallest absolute Gasteiger partial charge is 0.143 e. The van der Waals surface area contributed by atoms with E-state index in [9.17, 15) is 0 Å². The topological polar surface area (TPSA) is 23.0 Å². The van der Waals surface area contributed by atoms with Crippen molar-refractivity contribution in [3.8, 4) is 44.8 Å². The van der Waals surface area contributed by atoms with E-state index in [-0.39, 0.29) is 0 Å². The number of aromatic nitrogens is 2. The summed E-state index contributed by atoms with van der Waals surface area (Å²) >= 11 is 0. The second-order valence-corrected chi connectivity index (χ2v) is 14.9. The van der Waals surface area contributed by atoms with Crippen LogP contribution in [0.4, 0.5) is 0 Å². The largest absolute Gasteiger partial charge is 0.455 e. The molecule has 0 radical (unpaired) electrons. The van der Waals surface area contributed by atoms with Gasteiger partial charge in [-0.15, -0.1) is 0 Å². The predicted octanol–water partition coefficient (Wildman–Crippen LogP) is 14.8. The Morgan fingerprint density at radius 3 is 1.51 bits per heavy atom. The molecule has 0 saturated heterocycles. The molecule has 0 aliphatic heterocycles. The van der Waals surface area contributed by atoms with Crippen molar-refractivity contribution in [1.82, 2.24) is 9.13 Å². The molecule has 266 valence electrons. The standard InChI is InChI=1S/C54H34N2O/c1-2-12-35(13-3-1)36-24-26-37(27-25-36)39-14-10-15-41(34-39)56-48-22-8-5-18-46(48)53-50(56)33-32-49-52(53)45-17-4-7-21-47(45)55(49)40-30-28-38(29-31-40)42-19-11-20-44-43-16-6-9-23-51(43)57-54(42)44/h1-34H. The van der Waals surface area contributed by atoms with Crippen molar-refractivity contribution in [2.75, 3.05) is 0 Å². The Hall–Kier alpha value is -7.62. The molecular formula is C54H34N2O. The lowest BCUT2D eigenvalue weighted by Gasteiger charge is -2.12. The van der Waals surface area contributed by atoms with Crippen LogP contribution in [-0.2, 0) is 0 Å². The molecule has 0 aliphatic carbocycles. The van der Waals surface area contributed by atoms with Crippen molar-refractivity contribution >= 4 is 65.6 Å². The molecule has 3 heterocycles. The van der Waals surface area contributed by atoms with Gasteiger partial charge in [-0.25, -0.2) is 0 Å². The predicted molar refractivity (Wildman–Crippen MR) is 239 cm³/mol. The summed E-state index contributed by atoms with van der Waals surface area (Å²) in [6.07, 6.45) is 0. The Morgan fingerprint density at radius 2 is 0.807 bits per heavy atom. The summed E-state index contributed by atoms with van der Waals surface area (Å²) in [5.74, 6) is 0. The average Bonchev–Trinajstić information content (AvgIpc) is 3.95. The molecule has 3 heteroatoms. The van der Waals surface area contributed by atoms with Crippen LogP contribution >= 0.6 is 0 Å². The van der Waals surface area contributed by atoms with Gasteiger partial charge in [0.05, 0.1) is 22.1 Å². The van der Waals surface area contributed by atoms with Crippen LogP contribution in [0.25, 0.3) is 110 Å². The first-order valence-corrected chi connectivity index (χ1v) is 19.5. The summed E-state index contributed by atoms with van der Waals surface area (Å²) < 4.78 is 11.3. The number of hydrogen-bond donors (Lipinski definition) is 0. The van der Waals surface area contributed by atoms with Gasteiger partial charge >= 0.3 is 0 Å². The maximum atomic E-state index is 6.41. The van der Waals surface area contributed by atoms with E-state index in [1.807, 2.05) is 12.1 Å². The lowest BCUT2D eigenvalue weighted by Crippen LogP contribution is -1.95. The van der Waals surface area contributed by atoms with E-state index in [2.05, 4.69) is 203 Å². The molecule has 0 aliphatic rings. The Morgan fingerprint density at radius 1 is 0.298 bits per heavy atom. The summed E-state index contributed by atoms with van der Waals surface area (Å²) in [4.78, 5) is 0. The monoisotopic (exact) mass is 726 g/mol. The van der Waals surface area contributed by atoms with Crippen molar-refractivity contribution in [2.24, 2.45) is 0 Å². The van der Waals surface area contributed by atoms with E-state index in [0.29, 0.717) is 0 Å². The number of furan rings is 1. The molecule has 0 saturated carbocycles. The molecule has 0 amide bonds. The van der Waals surface area contributed by atoms with E-state index < -0.39 is 0 Å². The number of rotatable bonds is 5. The zero-order chi connectivity index (χ0) is 37.5. The fraction of sp³-hybridized carbons (Fsp3) is 0. The SMILES string of the molecule is c1ccc(-c2ccc(-c3cccc(-n4c5ccccc5c5c6c7ccccc7n(-c7ccc(-c8cccc9c8oc8ccccc89)cc7)c6ccc54)c3)cc2)cc1. The number of benzene rings is 9. The highest BCUT2D eigenvalue weighted by molar-refractivity contribution is 6.29. The van der Waals surface area contributed by atoms with Crippen LogP contribution in [0.2, 0.25) is 0 Å². The quantitative estimate of drug-likeness (QED) is 0.173. The molecule has 0 spiro atoms. The molecule has 57 heavy (non-hydrogen) atoms. The van der Waals surface area contributed by atoms with Crippen LogP contribution in [0, 0.1) is 0 Å². The highest BCUT2D eigenvalue weighted by Crippen LogP contribution is 2.43. The minimum atomic E-state index is 0.913. The first kappa shape index (κ1) is 31.7. The molecule has 3 nitrogen and oxygen atoms in total. The molecule has 0 fully saturated rings. The van der Waals surface area contributed by atoms with Crippen molar-refractivity contribution in [3.05, 3.63) is 206 Å². The maximum absolute atomic E-state index is 6.41. The number of para-hydroxylation sites is 4. The number of fused-ring (bicyclic) bond motifs is 10. The van der Waals surface area contributed by atoms with Gasteiger partial charge in [0.1, 0.15) is 11.2 Å². The Bertz CT molecular complexity index is 3490. The third kappa shape index (κ3) is 4.86. The zero-order valence-electron chi connectivity index (χ0n) is 30.9. The summed E-state index contributed by atoms with van der Waals surface area (Å²) in [6.45, 7) is 0. The van der Waals surface area contributed by atoms with Gasteiger partial charge in [-0.1, -0.05) is 152 Å². The Kier molecular flexibility index (Phi) is 6.93. The van der Waals surface area contributed by atoms with Crippen molar-refractivity contribution < 1.29 is 4.42 Å². The van der Waals surface area contributed by atoms with Crippen molar-refractivity contribution in [2.45, 2.75) is 0 Å². The van der Waals surface area contributed by atoms with Gasteiger partial charge in [0.15, 0.2) is 0 Å². The lowest BCUT2D eigenvalue weighted by atomic mass is 10.00. The van der Waals surface area contributed by atoms with Crippen LogP contribution < -0.4 is 0 Å². The van der Waals surface area contributed by atoms with Crippen LogP contribution in [0.15, 0.2) is 211 Å². The Balaban J connectivity index is 1.01. The third-order valence-electron chi connectivity index (χ3n) is 11.7. The van der Waals surface area contributed by atoms with E-state index in [1.54, 1.807) is 0 Å². The summed E-state index contributed by atoms with van der Waals surface area (Å²) in [5.41, 5.74) is 15.9. The molecule has 0 N–H and O–H groups in total. The van der Waals surface area contributed by atoms with E-state index >= 15 is 0 Å². The normalized spacial score (nSPS) is 11.9. The highest BCUT2D eigenvalue weighted by atomic mass is 16.3. The molecule has 12 aromatic rings. The average molecular weight is 727 g/mol. The highest BCUT2D eigenvalue weighted by Gasteiger charge is 2.21. The van der Waals surface area contributed by atoms with Crippen molar-refractivity contribution in [1.29, 1.82) is 0 Å². The number of hydrogen-bond acceptors (Lipinski definition) is 1. The molecule has 0 bridgehead atoms. The Labute approximate surface area is 328 Å². The van der Waals surface area contributed by atoms with Crippen LogP contribution in [0.5, 0.6) is 0 Å². The van der Waals surface area contributed by atoms with Gasteiger partial charge in [-0.05, 0) is 82.4 Å². The first-order valence-electron chi connectivity index (χ1n) is 19.5. The van der Waals surface area contributed by atoms with Gasteiger partial charge in [-0.2, -0.15) is 0 Å². The third-order valence-corrected chi connectivity index (χ3v) is 11.7. The maximum Gasteiger partial charge on any atom is 0.143 e. The minimum Gasteiger partial charge on any atom is -0.455 e. The van der Waals surface area contributed by atoms with E-state index in [1.165, 1.54) is 65.9 Å². The van der Waals surface area contributed by atoms with Gasteiger partial charge in [0.2, 0.25) is 0 Å². The van der Waals surface area contributed by atoms with Crippen LogP contribution in [0.3, 0.4) is 0 Å². The second kappa shape index (κ2) is 12.5. The van der Waals surface area contributed by atoms with Crippen LogP contribution in [0.1, 0.15) is 0 Å². The van der Waals surface area contributed by atoms with Gasteiger partial charge in [0, 0.05) is 49.3 Å². The molecule has 0 atom stereocenters. The fourth-order valence-electron chi connectivity index (χ4n) is 9.15. The summed E-state index contributed by atoms with van der Waals surface area (Å²) in [7, 11) is 0. The molecule has 12 rings (SSSR count).